The molecule has 0 bridgehead atoms. The van der Waals surface area contributed by atoms with Crippen LogP contribution in [0.5, 0.6) is 0 Å². The van der Waals surface area contributed by atoms with Gasteiger partial charge in [0.15, 0.2) is 0 Å². The number of rotatable bonds is 4. The molecule has 0 radical (unpaired) electrons. The molecule has 108 valence electrons. The van der Waals surface area contributed by atoms with E-state index in [1.165, 1.54) is 5.56 Å². The first kappa shape index (κ1) is 14.8. The SMILES string of the molecule is Cc1ccc(/C=C/C(=O)N2CCCCC2CCO)cc1. The Morgan fingerprint density at radius 2 is 2.10 bits per heavy atom. The van der Waals surface area contributed by atoms with Crippen LogP contribution in [0.15, 0.2) is 30.3 Å². The lowest BCUT2D eigenvalue weighted by molar-refractivity contribution is -0.129. The first-order valence-corrected chi connectivity index (χ1v) is 7.37. The maximum absolute atomic E-state index is 12.3. The first-order valence-electron chi connectivity index (χ1n) is 7.37. The van der Waals surface area contributed by atoms with Crippen LogP contribution in [0.3, 0.4) is 0 Å². The second-order valence-corrected chi connectivity index (χ2v) is 5.44. The minimum Gasteiger partial charge on any atom is -0.396 e. The number of benzene rings is 1. The van der Waals surface area contributed by atoms with Gasteiger partial charge >= 0.3 is 0 Å². The maximum Gasteiger partial charge on any atom is 0.246 e. The topological polar surface area (TPSA) is 40.5 Å². The number of carbonyl (C=O) groups excluding carboxylic acids is 1. The van der Waals surface area contributed by atoms with Crippen molar-refractivity contribution in [3.05, 3.63) is 41.5 Å². The molecule has 0 aromatic heterocycles. The van der Waals surface area contributed by atoms with Crippen molar-refractivity contribution in [2.24, 2.45) is 0 Å². The number of hydrogen-bond acceptors (Lipinski definition) is 2. The number of aliphatic hydroxyl groups is 1. The summed E-state index contributed by atoms with van der Waals surface area (Å²) in [5.41, 5.74) is 2.26. The van der Waals surface area contributed by atoms with Gasteiger partial charge in [0.1, 0.15) is 0 Å². The fraction of sp³-hybridized carbons (Fsp3) is 0.471. The highest BCUT2D eigenvalue weighted by atomic mass is 16.3. The molecule has 0 spiro atoms. The average molecular weight is 273 g/mol. The second-order valence-electron chi connectivity index (χ2n) is 5.44. The highest BCUT2D eigenvalue weighted by Crippen LogP contribution is 2.20. The lowest BCUT2D eigenvalue weighted by Gasteiger charge is -2.34. The van der Waals surface area contributed by atoms with Gasteiger partial charge in [-0.1, -0.05) is 29.8 Å². The van der Waals surface area contributed by atoms with Crippen LogP contribution in [-0.4, -0.2) is 35.1 Å². The Bertz CT molecular complexity index is 462. The molecule has 0 aliphatic carbocycles. The fourth-order valence-corrected chi connectivity index (χ4v) is 2.68. The summed E-state index contributed by atoms with van der Waals surface area (Å²) in [4.78, 5) is 14.2. The van der Waals surface area contributed by atoms with Crippen LogP contribution >= 0.6 is 0 Å². The molecule has 1 aliphatic rings. The van der Waals surface area contributed by atoms with Gasteiger partial charge in [-0.3, -0.25) is 4.79 Å². The van der Waals surface area contributed by atoms with Gasteiger partial charge in [-0.05, 0) is 44.2 Å². The summed E-state index contributed by atoms with van der Waals surface area (Å²) in [7, 11) is 0. The molecular formula is C17H23NO2. The van der Waals surface area contributed by atoms with Crippen molar-refractivity contribution in [3.8, 4) is 0 Å². The number of nitrogens with zero attached hydrogens (tertiary/aromatic N) is 1. The van der Waals surface area contributed by atoms with Crippen LogP contribution in [0.25, 0.3) is 6.08 Å². The van der Waals surface area contributed by atoms with Crippen molar-refractivity contribution >= 4 is 12.0 Å². The molecule has 0 saturated carbocycles. The van der Waals surface area contributed by atoms with Crippen molar-refractivity contribution in [2.75, 3.05) is 13.2 Å². The highest BCUT2D eigenvalue weighted by Gasteiger charge is 2.24. The second kappa shape index (κ2) is 7.25. The number of amides is 1. The van der Waals surface area contributed by atoms with E-state index < -0.39 is 0 Å². The average Bonchev–Trinajstić information content (AvgIpc) is 2.47. The van der Waals surface area contributed by atoms with Gasteiger partial charge in [0.2, 0.25) is 5.91 Å². The zero-order valence-electron chi connectivity index (χ0n) is 12.1. The molecule has 2 rings (SSSR count). The Labute approximate surface area is 120 Å². The highest BCUT2D eigenvalue weighted by molar-refractivity contribution is 5.92. The molecule has 1 atom stereocenters. The number of hydrogen-bond donors (Lipinski definition) is 1. The number of carbonyl (C=O) groups is 1. The standard InChI is InChI=1S/C17H23NO2/c1-14-5-7-15(8-6-14)9-10-17(20)18-12-3-2-4-16(18)11-13-19/h5-10,16,19H,2-4,11-13H2,1H3/b10-9+. The van der Waals surface area contributed by atoms with Gasteiger partial charge in [-0.2, -0.15) is 0 Å². The molecule has 3 nitrogen and oxygen atoms in total. The molecule has 1 saturated heterocycles. The van der Waals surface area contributed by atoms with Crippen molar-refractivity contribution in [3.63, 3.8) is 0 Å². The summed E-state index contributed by atoms with van der Waals surface area (Å²) in [5, 5.41) is 9.10. The van der Waals surface area contributed by atoms with E-state index in [9.17, 15) is 4.79 Å². The van der Waals surface area contributed by atoms with E-state index >= 15 is 0 Å². The van der Waals surface area contributed by atoms with Gasteiger partial charge in [0.05, 0.1) is 0 Å². The van der Waals surface area contributed by atoms with Gasteiger partial charge in [-0.15, -0.1) is 0 Å². The number of likely N-dealkylation sites (tertiary alicyclic amines) is 1. The molecule has 1 aliphatic heterocycles. The molecule has 20 heavy (non-hydrogen) atoms. The summed E-state index contributed by atoms with van der Waals surface area (Å²) in [6.45, 7) is 3.00. The molecule has 3 heteroatoms. The molecule has 1 aromatic rings. The van der Waals surface area contributed by atoms with Crippen LogP contribution in [0.1, 0.15) is 36.8 Å². The molecule has 1 amide bonds. The van der Waals surface area contributed by atoms with E-state index in [1.54, 1.807) is 6.08 Å². The Balaban J connectivity index is 2.00. The Morgan fingerprint density at radius 3 is 2.80 bits per heavy atom. The lowest BCUT2D eigenvalue weighted by Crippen LogP contribution is -2.43. The molecule has 1 N–H and O–H groups in total. The summed E-state index contributed by atoms with van der Waals surface area (Å²) in [6, 6.07) is 8.31. The third kappa shape index (κ3) is 3.94. The lowest BCUT2D eigenvalue weighted by atomic mass is 9.99. The molecule has 1 heterocycles. The number of aryl methyl sites for hydroxylation is 1. The normalized spacial score (nSPS) is 19.5. The Kier molecular flexibility index (Phi) is 5.36. The van der Waals surface area contributed by atoms with Crippen molar-refractivity contribution in [1.82, 2.24) is 4.90 Å². The van der Waals surface area contributed by atoms with E-state index in [0.717, 1.165) is 31.4 Å². The van der Waals surface area contributed by atoms with Crippen LogP contribution in [0, 0.1) is 6.92 Å². The van der Waals surface area contributed by atoms with Gasteiger partial charge in [0, 0.05) is 25.3 Å². The van der Waals surface area contributed by atoms with Gasteiger partial charge in [0.25, 0.3) is 0 Å². The summed E-state index contributed by atoms with van der Waals surface area (Å²) in [5.74, 6) is 0.0590. The van der Waals surface area contributed by atoms with Crippen molar-refractivity contribution in [1.29, 1.82) is 0 Å². The fourth-order valence-electron chi connectivity index (χ4n) is 2.68. The van der Waals surface area contributed by atoms with Crippen molar-refractivity contribution < 1.29 is 9.90 Å². The van der Waals surface area contributed by atoms with E-state index in [2.05, 4.69) is 0 Å². The van der Waals surface area contributed by atoms with E-state index in [0.29, 0.717) is 6.42 Å². The Hall–Kier alpha value is -1.61. The van der Waals surface area contributed by atoms with E-state index in [-0.39, 0.29) is 18.6 Å². The van der Waals surface area contributed by atoms with Crippen LogP contribution in [0.4, 0.5) is 0 Å². The van der Waals surface area contributed by atoms with Crippen molar-refractivity contribution in [2.45, 2.75) is 38.6 Å². The quantitative estimate of drug-likeness (QED) is 0.857. The molecule has 1 fully saturated rings. The molecule has 1 unspecified atom stereocenters. The van der Waals surface area contributed by atoms with Crippen LogP contribution in [0.2, 0.25) is 0 Å². The summed E-state index contributed by atoms with van der Waals surface area (Å²) < 4.78 is 0. The van der Waals surface area contributed by atoms with Gasteiger partial charge < -0.3 is 10.0 Å². The van der Waals surface area contributed by atoms with E-state index in [1.807, 2.05) is 42.2 Å². The zero-order chi connectivity index (χ0) is 14.4. The minimum atomic E-state index is 0.0590. The van der Waals surface area contributed by atoms with Gasteiger partial charge in [-0.25, -0.2) is 0 Å². The molecule has 1 aromatic carbocycles. The first-order chi connectivity index (χ1) is 9.70. The van der Waals surface area contributed by atoms with E-state index in [4.69, 9.17) is 5.11 Å². The van der Waals surface area contributed by atoms with Crippen LogP contribution in [-0.2, 0) is 4.79 Å². The smallest absolute Gasteiger partial charge is 0.246 e. The predicted molar refractivity (Wildman–Crippen MR) is 81.3 cm³/mol. The Morgan fingerprint density at radius 1 is 1.35 bits per heavy atom. The zero-order valence-corrected chi connectivity index (χ0v) is 12.1. The van der Waals surface area contributed by atoms with Crippen LogP contribution < -0.4 is 0 Å². The number of aliphatic hydroxyl groups excluding tert-OH is 1. The third-order valence-corrected chi connectivity index (χ3v) is 3.87. The molecular weight excluding hydrogens is 250 g/mol. The number of piperidine rings is 1. The summed E-state index contributed by atoms with van der Waals surface area (Å²) in [6.07, 6.45) is 7.42. The maximum atomic E-state index is 12.3. The minimum absolute atomic E-state index is 0.0590. The third-order valence-electron chi connectivity index (χ3n) is 3.87. The summed E-state index contributed by atoms with van der Waals surface area (Å²) >= 11 is 0. The predicted octanol–water partition coefficient (Wildman–Crippen LogP) is 2.77. The monoisotopic (exact) mass is 273 g/mol. The largest absolute Gasteiger partial charge is 0.396 e.